The second-order valence-electron chi connectivity index (χ2n) is 3.05. The van der Waals surface area contributed by atoms with Crippen molar-refractivity contribution in [3.63, 3.8) is 0 Å². The van der Waals surface area contributed by atoms with Crippen LogP contribution in [0.3, 0.4) is 0 Å². The first-order valence-corrected chi connectivity index (χ1v) is 4.05. The van der Waals surface area contributed by atoms with Gasteiger partial charge in [0.25, 0.3) is 0 Å². The summed E-state index contributed by atoms with van der Waals surface area (Å²) in [6, 6.07) is 0. The van der Waals surface area contributed by atoms with Crippen molar-refractivity contribution in [1.82, 2.24) is 0 Å². The highest BCUT2D eigenvalue weighted by Crippen LogP contribution is 2.35. The van der Waals surface area contributed by atoms with Crippen molar-refractivity contribution in [3.05, 3.63) is 11.6 Å². The molecule has 0 aromatic carbocycles. The molecule has 0 aromatic rings. The molecule has 2 nitrogen and oxygen atoms in total. The Balaban J connectivity index is 2.29. The van der Waals surface area contributed by atoms with E-state index >= 15 is 0 Å². The zero-order valence-electron chi connectivity index (χ0n) is 7.26. The number of esters is 1. The fraction of sp³-hybridized carbons (Fsp3) is 0.667. The molecule has 1 rings (SSSR count). The summed E-state index contributed by atoms with van der Waals surface area (Å²) in [6.07, 6.45) is 1.97. The maximum absolute atomic E-state index is 11.0. The van der Waals surface area contributed by atoms with Gasteiger partial charge in [0.15, 0.2) is 0 Å². The minimum atomic E-state index is -0.0869. The minimum Gasteiger partial charge on any atom is -0.465 e. The maximum atomic E-state index is 11.0. The Morgan fingerprint density at radius 1 is 1.73 bits per heavy atom. The minimum absolute atomic E-state index is 0.00921. The van der Waals surface area contributed by atoms with Crippen molar-refractivity contribution in [2.24, 2.45) is 11.8 Å². The molecular formula is C9H14O2. The molecule has 0 aliphatic heterocycles. The van der Waals surface area contributed by atoms with E-state index in [1.165, 1.54) is 5.57 Å². The molecule has 11 heavy (non-hydrogen) atoms. The summed E-state index contributed by atoms with van der Waals surface area (Å²) in [7, 11) is 0. The summed E-state index contributed by atoms with van der Waals surface area (Å²) in [5.41, 5.74) is 1.23. The summed E-state index contributed by atoms with van der Waals surface area (Å²) in [6.45, 7) is 6.49. The molecule has 0 aromatic heterocycles. The highest BCUT2D eigenvalue weighted by molar-refractivity contribution is 5.83. The second kappa shape index (κ2) is 3.07. The van der Waals surface area contributed by atoms with Gasteiger partial charge in [-0.2, -0.15) is 0 Å². The Morgan fingerprint density at radius 2 is 2.36 bits per heavy atom. The highest BCUT2D eigenvalue weighted by Gasteiger charge is 2.34. The number of ether oxygens (including phenoxy) is 1. The van der Waals surface area contributed by atoms with Crippen LogP contribution in [0.5, 0.6) is 0 Å². The van der Waals surface area contributed by atoms with E-state index in [2.05, 4.69) is 13.8 Å². The zero-order chi connectivity index (χ0) is 8.43. The molecule has 0 fully saturated rings. The van der Waals surface area contributed by atoms with E-state index in [1.54, 1.807) is 0 Å². The van der Waals surface area contributed by atoms with Crippen molar-refractivity contribution < 1.29 is 9.53 Å². The SMILES string of the molecule is CCOC(=O)C1C=C1C(C)C. The summed E-state index contributed by atoms with van der Waals surface area (Å²) >= 11 is 0. The van der Waals surface area contributed by atoms with E-state index in [9.17, 15) is 4.79 Å². The van der Waals surface area contributed by atoms with E-state index < -0.39 is 0 Å². The fourth-order valence-electron chi connectivity index (χ4n) is 1.13. The molecule has 0 saturated carbocycles. The lowest BCUT2D eigenvalue weighted by Crippen LogP contribution is -2.09. The lowest BCUT2D eigenvalue weighted by atomic mass is 10.1. The van der Waals surface area contributed by atoms with Crippen LogP contribution in [0, 0.1) is 11.8 Å². The molecule has 0 radical (unpaired) electrons. The topological polar surface area (TPSA) is 26.3 Å². The van der Waals surface area contributed by atoms with Gasteiger partial charge in [0.2, 0.25) is 0 Å². The van der Waals surface area contributed by atoms with Gasteiger partial charge in [0.1, 0.15) is 0 Å². The molecule has 0 amide bonds. The Hall–Kier alpha value is -0.790. The number of hydrogen-bond donors (Lipinski definition) is 0. The van der Waals surface area contributed by atoms with Crippen LogP contribution in [0.25, 0.3) is 0 Å². The van der Waals surface area contributed by atoms with E-state index in [0.29, 0.717) is 12.5 Å². The summed E-state index contributed by atoms with van der Waals surface area (Å²) in [5.74, 6) is 0.413. The van der Waals surface area contributed by atoms with Gasteiger partial charge in [-0.25, -0.2) is 0 Å². The lowest BCUT2D eigenvalue weighted by Gasteiger charge is -2.02. The smallest absolute Gasteiger partial charge is 0.316 e. The maximum Gasteiger partial charge on any atom is 0.316 e. The van der Waals surface area contributed by atoms with Crippen LogP contribution in [-0.4, -0.2) is 12.6 Å². The molecule has 0 N–H and O–H groups in total. The van der Waals surface area contributed by atoms with Gasteiger partial charge in [-0.1, -0.05) is 25.5 Å². The molecule has 1 aliphatic carbocycles. The molecule has 1 atom stereocenters. The third-order valence-corrected chi connectivity index (χ3v) is 1.82. The van der Waals surface area contributed by atoms with Crippen molar-refractivity contribution in [1.29, 1.82) is 0 Å². The number of hydrogen-bond acceptors (Lipinski definition) is 2. The van der Waals surface area contributed by atoms with Gasteiger partial charge in [0, 0.05) is 0 Å². The Kier molecular flexibility index (Phi) is 2.32. The molecule has 1 aliphatic rings. The molecule has 0 heterocycles. The average molecular weight is 154 g/mol. The summed E-state index contributed by atoms with van der Waals surface area (Å²) in [4.78, 5) is 11.0. The summed E-state index contributed by atoms with van der Waals surface area (Å²) < 4.78 is 4.86. The number of rotatable bonds is 3. The van der Waals surface area contributed by atoms with Crippen LogP contribution >= 0.6 is 0 Å². The van der Waals surface area contributed by atoms with Crippen molar-refractivity contribution in [2.45, 2.75) is 20.8 Å². The third kappa shape index (κ3) is 1.82. The largest absolute Gasteiger partial charge is 0.465 e. The number of carbonyl (C=O) groups excluding carboxylic acids is 1. The number of carbonyl (C=O) groups is 1. The van der Waals surface area contributed by atoms with E-state index in [1.807, 2.05) is 13.0 Å². The van der Waals surface area contributed by atoms with Gasteiger partial charge in [-0.05, 0) is 12.8 Å². The first-order valence-electron chi connectivity index (χ1n) is 4.05. The van der Waals surface area contributed by atoms with E-state index in [4.69, 9.17) is 4.74 Å². The molecule has 0 saturated heterocycles. The molecule has 62 valence electrons. The van der Waals surface area contributed by atoms with Crippen LogP contribution in [0.1, 0.15) is 20.8 Å². The van der Waals surface area contributed by atoms with Crippen LogP contribution in [0.15, 0.2) is 11.6 Å². The van der Waals surface area contributed by atoms with Gasteiger partial charge in [-0.15, -0.1) is 0 Å². The third-order valence-electron chi connectivity index (χ3n) is 1.82. The Morgan fingerprint density at radius 3 is 2.73 bits per heavy atom. The summed E-state index contributed by atoms with van der Waals surface area (Å²) in [5, 5.41) is 0. The van der Waals surface area contributed by atoms with Crippen molar-refractivity contribution in [3.8, 4) is 0 Å². The monoisotopic (exact) mass is 154 g/mol. The van der Waals surface area contributed by atoms with E-state index in [0.717, 1.165) is 0 Å². The molecule has 2 heteroatoms. The average Bonchev–Trinajstić information content (AvgIpc) is 2.65. The normalized spacial score (nSPS) is 21.5. The predicted molar refractivity (Wildman–Crippen MR) is 43.0 cm³/mol. The zero-order valence-corrected chi connectivity index (χ0v) is 7.26. The fourth-order valence-corrected chi connectivity index (χ4v) is 1.13. The van der Waals surface area contributed by atoms with Gasteiger partial charge < -0.3 is 4.74 Å². The first kappa shape index (κ1) is 8.31. The lowest BCUT2D eigenvalue weighted by molar-refractivity contribution is -0.144. The van der Waals surface area contributed by atoms with E-state index in [-0.39, 0.29) is 11.9 Å². The Bertz CT molecular complexity index is 192. The predicted octanol–water partition coefficient (Wildman–Crippen LogP) is 1.76. The molecule has 1 unspecified atom stereocenters. The van der Waals surface area contributed by atoms with Crippen LogP contribution < -0.4 is 0 Å². The quantitative estimate of drug-likeness (QED) is 0.457. The molecule has 0 bridgehead atoms. The molecular weight excluding hydrogens is 140 g/mol. The van der Waals surface area contributed by atoms with Crippen molar-refractivity contribution >= 4 is 5.97 Å². The van der Waals surface area contributed by atoms with Gasteiger partial charge in [-0.3, -0.25) is 4.79 Å². The van der Waals surface area contributed by atoms with Crippen LogP contribution in [-0.2, 0) is 9.53 Å². The van der Waals surface area contributed by atoms with Gasteiger partial charge >= 0.3 is 5.97 Å². The first-order chi connectivity index (χ1) is 5.16. The standard InChI is InChI=1S/C9H14O2/c1-4-11-9(10)8-5-7(8)6(2)3/h5-6,8H,4H2,1-3H3. The highest BCUT2D eigenvalue weighted by atomic mass is 16.5. The van der Waals surface area contributed by atoms with Crippen molar-refractivity contribution in [2.75, 3.05) is 6.61 Å². The van der Waals surface area contributed by atoms with Gasteiger partial charge in [0.05, 0.1) is 12.5 Å². The second-order valence-corrected chi connectivity index (χ2v) is 3.05. The van der Waals surface area contributed by atoms with Crippen LogP contribution in [0.2, 0.25) is 0 Å². The van der Waals surface area contributed by atoms with Crippen LogP contribution in [0.4, 0.5) is 0 Å². The Labute approximate surface area is 67.2 Å². The molecule has 0 spiro atoms.